The molecule has 6 nitrogen and oxygen atoms in total. The van der Waals surface area contributed by atoms with Gasteiger partial charge in [-0.15, -0.1) is 0 Å². The van der Waals surface area contributed by atoms with Crippen molar-refractivity contribution in [3.05, 3.63) is 47.5 Å². The summed E-state index contributed by atoms with van der Waals surface area (Å²) in [6.07, 6.45) is 0.938. The molecular weight excluding hydrogens is 366 g/mol. The van der Waals surface area contributed by atoms with Gasteiger partial charge in [-0.2, -0.15) is 4.98 Å². The van der Waals surface area contributed by atoms with Gasteiger partial charge in [0.2, 0.25) is 5.82 Å². The molecule has 3 rings (SSSR count). The van der Waals surface area contributed by atoms with Crippen LogP contribution in [0.1, 0.15) is 31.4 Å². The van der Waals surface area contributed by atoms with Crippen LogP contribution >= 0.6 is 0 Å². The van der Waals surface area contributed by atoms with Crippen molar-refractivity contribution in [3.8, 4) is 34.3 Å². The minimum Gasteiger partial charge on any atom is -0.490 e. The first kappa shape index (κ1) is 20.9. The summed E-state index contributed by atoms with van der Waals surface area (Å²) in [4.78, 5) is 6.75. The van der Waals surface area contributed by atoms with Gasteiger partial charge in [-0.05, 0) is 63.7 Å². The van der Waals surface area contributed by atoms with Gasteiger partial charge in [-0.3, -0.25) is 0 Å². The molecule has 0 spiro atoms. The van der Waals surface area contributed by atoms with E-state index in [4.69, 9.17) is 14.0 Å². The highest BCUT2D eigenvalue weighted by Gasteiger charge is 2.15. The number of benzene rings is 2. The Labute approximate surface area is 172 Å². The number of hydrogen-bond donors (Lipinski definition) is 0. The molecule has 154 valence electrons. The lowest BCUT2D eigenvalue weighted by molar-refractivity contribution is 0.277. The van der Waals surface area contributed by atoms with Crippen molar-refractivity contribution in [2.24, 2.45) is 0 Å². The number of ether oxygens (including phenoxy) is 2. The molecule has 29 heavy (non-hydrogen) atoms. The van der Waals surface area contributed by atoms with Crippen LogP contribution in [-0.2, 0) is 6.54 Å². The second kappa shape index (κ2) is 9.56. The topological polar surface area (TPSA) is 60.6 Å². The predicted molar refractivity (Wildman–Crippen MR) is 114 cm³/mol. The highest BCUT2D eigenvalue weighted by Crippen LogP contribution is 2.33. The molecule has 1 aromatic heterocycles. The van der Waals surface area contributed by atoms with E-state index in [9.17, 15) is 0 Å². The second-order valence-corrected chi connectivity index (χ2v) is 7.25. The maximum Gasteiger partial charge on any atom is 0.258 e. The third-order valence-corrected chi connectivity index (χ3v) is 4.41. The molecule has 0 atom stereocenters. The van der Waals surface area contributed by atoms with Gasteiger partial charge in [0.25, 0.3) is 5.89 Å². The summed E-state index contributed by atoms with van der Waals surface area (Å²) in [5.41, 5.74) is 4.15. The Morgan fingerprint density at radius 3 is 2.52 bits per heavy atom. The Balaban J connectivity index is 1.87. The Kier molecular flexibility index (Phi) is 6.88. The minimum absolute atomic E-state index is 0.458. The number of nitrogens with zero attached hydrogens (tertiary/aromatic N) is 3. The first-order valence-electron chi connectivity index (χ1n) is 10.00. The van der Waals surface area contributed by atoms with Crippen LogP contribution in [0.4, 0.5) is 0 Å². The quantitative estimate of drug-likeness (QED) is 0.510. The molecule has 0 aliphatic heterocycles. The Hall–Kier alpha value is -2.86. The van der Waals surface area contributed by atoms with Crippen LogP contribution < -0.4 is 9.47 Å². The summed E-state index contributed by atoms with van der Waals surface area (Å²) in [5.74, 6) is 2.45. The van der Waals surface area contributed by atoms with Crippen LogP contribution in [0.3, 0.4) is 0 Å². The third kappa shape index (κ3) is 5.15. The van der Waals surface area contributed by atoms with Crippen LogP contribution in [0, 0.1) is 6.92 Å². The van der Waals surface area contributed by atoms with Crippen molar-refractivity contribution >= 4 is 0 Å². The molecule has 0 bridgehead atoms. The molecule has 0 N–H and O–H groups in total. The second-order valence-electron chi connectivity index (χ2n) is 7.25. The van der Waals surface area contributed by atoms with Crippen molar-refractivity contribution in [1.29, 1.82) is 0 Å². The number of rotatable bonds is 9. The van der Waals surface area contributed by atoms with Gasteiger partial charge in [-0.25, -0.2) is 0 Å². The summed E-state index contributed by atoms with van der Waals surface area (Å²) in [6, 6.07) is 12.0. The largest absolute Gasteiger partial charge is 0.490 e. The van der Waals surface area contributed by atoms with E-state index in [0.29, 0.717) is 30.7 Å². The fourth-order valence-electron chi connectivity index (χ4n) is 3.13. The van der Waals surface area contributed by atoms with Crippen molar-refractivity contribution in [3.63, 3.8) is 0 Å². The number of aromatic nitrogens is 2. The average Bonchev–Trinajstić information content (AvgIpc) is 3.16. The third-order valence-electron chi connectivity index (χ3n) is 4.41. The molecule has 0 amide bonds. The smallest absolute Gasteiger partial charge is 0.258 e. The zero-order valence-corrected chi connectivity index (χ0v) is 17.9. The van der Waals surface area contributed by atoms with E-state index in [1.807, 2.05) is 25.1 Å². The molecule has 0 aliphatic carbocycles. The van der Waals surface area contributed by atoms with Crippen molar-refractivity contribution in [1.82, 2.24) is 15.0 Å². The molecule has 0 unspecified atom stereocenters. The summed E-state index contributed by atoms with van der Waals surface area (Å²) in [5, 5.41) is 4.19. The zero-order valence-electron chi connectivity index (χ0n) is 17.9. The molecule has 0 aliphatic rings. The highest BCUT2D eigenvalue weighted by atomic mass is 16.5. The fraction of sp³-hybridized carbons (Fsp3) is 0.391. The average molecular weight is 396 g/mol. The van der Waals surface area contributed by atoms with Gasteiger partial charge in [0.05, 0.1) is 13.2 Å². The van der Waals surface area contributed by atoms with E-state index < -0.39 is 0 Å². The zero-order chi connectivity index (χ0) is 20.8. The molecule has 6 heteroatoms. The first-order chi connectivity index (χ1) is 14.0. The number of hydrogen-bond acceptors (Lipinski definition) is 6. The van der Waals surface area contributed by atoms with Crippen molar-refractivity contribution < 1.29 is 14.0 Å². The van der Waals surface area contributed by atoms with Gasteiger partial charge < -0.3 is 18.9 Å². The molecule has 0 radical (unpaired) electrons. The molecule has 1 heterocycles. The molecular formula is C23H29N3O3. The Bertz CT molecular complexity index is 950. The van der Waals surface area contributed by atoms with Gasteiger partial charge in [0.15, 0.2) is 11.5 Å². The molecule has 0 saturated carbocycles. The Morgan fingerprint density at radius 2 is 1.83 bits per heavy atom. The fourth-order valence-corrected chi connectivity index (χ4v) is 3.13. The SMILES string of the molecule is CCCOc1ccc(-c2nc(-c3ccc(CN(C)C)cc3C)no2)cc1OCC. The van der Waals surface area contributed by atoms with E-state index in [-0.39, 0.29) is 0 Å². The van der Waals surface area contributed by atoms with E-state index in [0.717, 1.165) is 35.4 Å². The maximum atomic E-state index is 5.76. The van der Waals surface area contributed by atoms with Crippen LogP contribution in [-0.4, -0.2) is 42.3 Å². The molecule has 0 fully saturated rings. The van der Waals surface area contributed by atoms with Crippen LogP contribution in [0.25, 0.3) is 22.8 Å². The molecule has 3 aromatic rings. The maximum absolute atomic E-state index is 5.76. The van der Waals surface area contributed by atoms with Gasteiger partial charge in [0, 0.05) is 17.7 Å². The number of aryl methyl sites for hydroxylation is 1. The summed E-state index contributed by atoms with van der Waals surface area (Å²) >= 11 is 0. The van der Waals surface area contributed by atoms with E-state index >= 15 is 0 Å². The standard InChI is InChI=1S/C23H29N3O3/c1-6-12-28-20-11-9-18(14-21(20)27-7-2)23-24-22(25-29-23)19-10-8-17(13-16(19)3)15-26(4)5/h8-11,13-14H,6-7,12,15H2,1-5H3. The summed E-state index contributed by atoms with van der Waals surface area (Å²) in [6.45, 7) is 8.18. The summed E-state index contributed by atoms with van der Waals surface area (Å²) in [7, 11) is 4.12. The van der Waals surface area contributed by atoms with Crippen molar-refractivity contribution in [2.45, 2.75) is 33.7 Å². The monoisotopic (exact) mass is 395 g/mol. The van der Waals surface area contributed by atoms with E-state index in [1.54, 1.807) is 0 Å². The predicted octanol–water partition coefficient (Wildman–Crippen LogP) is 4.96. The van der Waals surface area contributed by atoms with Crippen LogP contribution in [0.5, 0.6) is 11.5 Å². The molecule has 2 aromatic carbocycles. The van der Waals surface area contributed by atoms with Gasteiger partial charge >= 0.3 is 0 Å². The molecule has 0 saturated heterocycles. The van der Waals surface area contributed by atoms with E-state index in [2.05, 4.69) is 61.2 Å². The van der Waals surface area contributed by atoms with Crippen LogP contribution in [0.2, 0.25) is 0 Å². The highest BCUT2D eigenvalue weighted by molar-refractivity contribution is 5.65. The normalized spacial score (nSPS) is 11.1. The van der Waals surface area contributed by atoms with Crippen LogP contribution in [0.15, 0.2) is 40.9 Å². The lowest BCUT2D eigenvalue weighted by Gasteiger charge is -2.12. The first-order valence-corrected chi connectivity index (χ1v) is 10.00. The Morgan fingerprint density at radius 1 is 1.00 bits per heavy atom. The lowest BCUT2D eigenvalue weighted by Crippen LogP contribution is -2.10. The van der Waals surface area contributed by atoms with Gasteiger partial charge in [-0.1, -0.05) is 30.3 Å². The lowest BCUT2D eigenvalue weighted by atomic mass is 10.0. The minimum atomic E-state index is 0.458. The van der Waals surface area contributed by atoms with Gasteiger partial charge in [0.1, 0.15) is 0 Å². The van der Waals surface area contributed by atoms with Crippen molar-refractivity contribution in [2.75, 3.05) is 27.3 Å². The van der Waals surface area contributed by atoms with E-state index in [1.165, 1.54) is 5.56 Å². The summed E-state index contributed by atoms with van der Waals surface area (Å²) < 4.78 is 17.0.